The molecule has 0 radical (unpaired) electrons. The Kier molecular flexibility index (Phi) is 3.87. The number of hydrogen-bond donors (Lipinski definition) is 2. The molecule has 1 aromatic carbocycles. The first kappa shape index (κ1) is 13.6. The highest BCUT2D eigenvalue weighted by molar-refractivity contribution is 7.12. The fraction of sp³-hybridized carbons (Fsp3) is 0.0769. The van der Waals surface area contributed by atoms with Crippen LogP contribution in [0.5, 0.6) is 0 Å². The Morgan fingerprint density at radius 3 is 2.63 bits per heavy atom. The van der Waals surface area contributed by atoms with Gasteiger partial charge in [0.2, 0.25) is 0 Å². The number of nitrogens with one attached hydrogen (secondary N) is 1. The Morgan fingerprint density at radius 2 is 2.05 bits per heavy atom. The summed E-state index contributed by atoms with van der Waals surface area (Å²) >= 11 is 7.07. The molecule has 0 saturated carbocycles. The lowest BCUT2D eigenvalue weighted by Gasteiger charge is -2.09. The molecule has 98 valence electrons. The van der Waals surface area contributed by atoms with Crippen LogP contribution in [0.4, 0.5) is 5.69 Å². The summed E-state index contributed by atoms with van der Waals surface area (Å²) in [5.74, 6) is -1.49. The van der Waals surface area contributed by atoms with E-state index in [4.69, 9.17) is 16.7 Å². The molecule has 6 heteroatoms. The van der Waals surface area contributed by atoms with Gasteiger partial charge in [-0.05, 0) is 30.0 Å². The van der Waals surface area contributed by atoms with Gasteiger partial charge in [-0.15, -0.1) is 11.3 Å². The Morgan fingerprint density at radius 1 is 1.32 bits per heavy atom. The average molecular weight is 296 g/mol. The smallest absolute Gasteiger partial charge is 0.338 e. The normalized spacial score (nSPS) is 10.2. The van der Waals surface area contributed by atoms with Crippen molar-refractivity contribution in [2.45, 2.75) is 6.92 Å². The van der Waals surface area contributed by atoms with Gasteiger partial charge in [-0.2, -0.15) is 0 Å². The molecule has 0 spiro atoms. The molecule has 0 aliphatic carbocycles. The minimum absolute atomic E-state index is 0.0866. The quantitative estimate of drug-likeness (QED) is 0.908. The van der Waals surface area contributed by atoms with Gasteiger partial charge < -0.3 is 10.4 Å². The van der Waals surface area contributed by atoms with Crippen molar-refractivity contribution in [2.75, 3.05) is 5.32 Å². The molecule has 0 aliphatic heterocycles. The van der Waals surface area contributed by atoms with Gasteiger partial charge in [-0.25, -0.2) is 4.79 Å². The second-order valence-corrected chi connectivity index (χ2v) is 5.18. The third kappa shape index (κ3) is 2.77. The van der Waals surface area contributed by atoms with E-state index in [1.54, 1.807) is 36.6 Å². The first-order valence-corrected chi connectivity index (χ1v) is 6.63. The molecule has 0 saturated heterocycles. The van der Waals surface area contributed by atoms with Crippen LogP contribution in [0.3, 0.4) is 0 Å². The van der Waals surface area contributed by atoms with E-state index in [9.17, 15) is 9.59 Å². The van der Waals surface area contributed by atoms with Gasteiger partial charge in [-0.1, -0.05) is 23.7 Å². The van der Waals surface area contributed by atoms with Crippen molar-refractivity contribution in [3.63, 3.8) is 0 Å². The van der Waals surface area contributed by atoms with Gasteiger partial charge in [0.25, 0.3) is 5.91 Å². The van der Waals surface area contributed by atoms with E-state index in [0.29, 0.717) is 15.5 Å². The number of carboxylic acid groups (broad SMARTS) is 1. The topological polar surface area (TPSA) is 66.4 Å². The summed E-state index contributed by atoms with van der Waals surface area (Å²) in [7, 11) is 0. The number of carbonyl (C=O) groups excluding carboxylic acids is 1. The van der Waals surface area contributed by atoms with Crippen molar-refractivity contribution in [3.8, 4) is 0 Å². The van der Waals surface area contributed by atoms with Crippen LogP contribution < -0.4 is 5.32 Å². The highest BCUT2D eigenvalue weighted by atomic mass is 35.5. The number of benzene rings is 1. The lowest BCUT2D eigenvalue weighted by atomic mass is 10.1. The fourth-order valence-electron chi connectivity index (χ4n) is 1.69. The van der Waals surface area contributed by atoms with Gasteiger partial charge in [0.05, 0.1) is 16.3 Å². The molecule has 0 atom stereocenters. The zero-order valence-corrected chi connectivity index (χ0v) is 11.5. The number of anilines is 1. The fourth-order valence-corrected chi connectivity index (χ4v) is 2.73. The number of aromatic carboxylic acids is 1. The summed E-state index contributed by atoms with van der Waals surface area (Å²) in [5.41, 5.74) is 0.938. The van der Waals surface area contributed by atoms with Gasteiger partial charge in [-0.3, -0.25) is 4.79 Å². The summed E-state index contributed by atoms with van der Waals surface area (Å²) in [4.78, 5) is 23.6. The summed E-state index contributed by atoms with van der Waals surface area (Å²) in [6.07, 6.45) is 0. The molecule has 0 bridgehead atoms. The van der Waals surface area contributed by atoms with Crippen LogP contribution in [0.2, 0.25) is 5.02 Å². The van der Waals surface area contributed by atoms with Crippen LogP contribution in [0.1, 0.15) is 25.6 Å². The number of aryl methyl sites for hydroxylation is 1. The van der Waals surface area contributed by atoms with Crippen molar-refractivity contribution in [1.82, 2.24) is 0 Å². The molecule has 0 fully saturated rings. The van der Waals surface area contributed by atoms with Crippen LogP contribution >= 0.6 is 22.9 Å². The van der Waals surface area contributed by atoms with E-state index in [2.05, 4.69) is 5.32 Å². The van der Waals surface area contributed by atoms with E-state index < -0.39 is 11.9 Å². The van der Waals surface area contributed by atoms with Gasteiger partial charge >= 0.3 is 5.97 Å². The molecule has 2 N–H and O–H groups in total. The van der Waals surface area contributed by atoms with Gasteiger partial charge in [0.15, 0.2) is 0 Å². The number of rotatable bonds is 3. The standard InChI is InChI=1S/C13H10ClNO3S/c1-7-3-2-4-9(10(7)13(17)18)15-12(16)11-8(14)5-6-19-11/h2-6H,1H3,(H,15,16)(H,17,18). The van der Waals surface area contributed by atoms with Gasteiger partial charge in [0, 0.05) is 0 Å². The second-order valence-electron chi connectivity index (χ2n) is 3.85. The second kappa shape index (κ2) is 5.42. The van der Waals surface area contributed by atoms with Crippen LogP contribution in [-0.4, -0.2) is 17.0 Å². The zero-order valence-electron chi connectivity index (χ0n) is 9.94. The molecule has 1 aromatic heterocycles. The summed E-state index contributed by atoms with van der Waals surface area (Å²) in [6.45, 7) is 1.68. The number of hydrogen-bond acceptors (Lipinski definition) is 3. The first-order valence-electron chi connectivity index (χ1n) is 5.38. The monoisotopic (exact) mass is 295 g/mol. The minimum atomic E-state index is -1.08. The minimum Gasteiger partial charge on any atom is -0.478 e. The van der Waals surface area contributed by atoms with Crippen molar-refractivity contribution in [1.29, 1.82) is 0 Å². The van der Waals surface area contributed by atoms with Crippen LogP contribution in [-0.2, 0) is 0 Å². The van der Waals surface area contributed by atoms with E-state index >= 15 is 0 Å². The molecule has 4 nitrogen and oxygen atoms in total. The van der Waals surface area contributed by atoms with Crippen LogP contribution in [0.25, 0.3) is 0 Å². The number of thiophene rings is 1. The third-order valence-electron chi connectivity index (χ3n) is 2.56. The number of amides is 1. The Labute approximate surface area is 118 Å². The molecular weight excluding hydrogens is 286 g/mol. The predicted molar refractivity (Wildman–Crippen MR) is 75.4 cm³/mol. The molecular formula is C13H10ClNO3S. The Bertz CT molecular complexity index is 651. The summed E-state index contributed by atoms with van der Waals surface area (Å²) < 4.78 is 0. The lowest BCUT2D eigenvalue weighted by molar-refractivity contribution is 0.0697. The third-order valence-corrected chi connectivity index (χ3v) is 3.90. The van der Waals surface area contributed by atoms with Crippen molar-refractivity contribution in [3.05, 3.63) is 50.7 Å². The molecule has 1 heterocycles. The molecule has 0 aliphatic rings. The number of halogens is 1. The molecule has 0 unspecified atom stereocenters. The maximum atomic E-state index is 12.0. The van der Waals surface area contributed by atoms with Crippen molar-refractivity contribution >= 4 is 40.5 Å². The Balaban J connectivity index is 2.35. The lowest BCUT2D eigenvalue weighted by Crippen LogP contribution is -2.14. The van der Waals surface area contributed by atoms with Crippen molar-refractivity contribution in [2.24, 2.45) is 0 Å². The maximum Gasteiger partial charge on any atom is 0.338 e. The number of carbonyl (C=O) groups is 2. The van der Waals surface area contributed by atoms with E-state index in [-0.39, 0.29) is 11.3 Å². The molecule has 2 rings (SSSR count). The average Bonchev–Trinajstić information content (AvgIpc) is 2.75. The largest absolute Gasteiger partial charge is 0.478 e. The summed E-state index contributed by atoms with van der Waals surface area (Å²) in [5, 5.41) is 13.8. The molecule has 1 amide bonds. The predicted octanol–water partition coefficient (Wildman–Crippen LogP) is 3.66. The highest BCUT2D eigenvalue weighted by Crippen LogP contribution is 2.25. The van der Waals surface area contributed by atoms with Gasteiger partial charge in [0.1, 0.15) is 4.88 Å². The first-order chi connectivity index (χ1) is 9.00. The Hall–Kier alpha value is -1.85. The SMILES string of the molecule is Cc1cccc(NC(=O)c2sccc2Cl)c1C(=O)O. The maximum absolute atomic E-state index is 12.0. The van der Waals surface area contributed by atoms with E-state index in [1.807, 2.05) is 0 Å². The molecule has 2 aromatic rings. The highest BCUT2D eigenvalue weighted by Gasteiger charge is 2.17. The van der Waals surface area contributed by atoms with E-state index in [1.165, 1.54) is 11.3 Å². The van der Waals surface area contributed by atoms with E-state index in [0.717, 1.165) is 0 Å². The zero-order chi connectivity index (χ0) is 14.0. The van der Waals surface area contributed by atoms with Crippen LogP contribution in [0.15, 0.2) is 29.6 Å². The summed E-state index contributed by atoms with van der Waals surface area (Å²) in [6, 6.07) is 6.54. The van der Waals surface area contributed by atoms with Crippen molar-refractivity contribution < 1.29 is 14.7 Å². The molecule has 19 heavy (non-hydrogen) atoms. The number of carboxylic acids is 1. The van der Waals surface area contributed by atoms with Crippen LogP contribution in [0, 0.1) is 6.92 Å².